The summed E-state index contributed by atoms with van der Waals surface area (Å²) < 4.78 is 18.3. The molecule has 0 aromatic heterocycles. The predicted octanol–water partition coefficient (Wildman–Crippen LogP) is 3.72. The summed E-state index contributed by atoms with van der Waals surface area (Å²) in [6.07, 6.45) is 1.87. The lowest BCUT2D eigenvalue weighted by Crippen LogP contribution is -2.70. The van der Waals surface area contributed by atoms with E-state index in [1.165, 1.54) is 19.9 Å². The van der Waals surface area contributed by atoms with Crippen molar-refractivity contribution in [2.24, 2.45) is 22.7 Å². The molecule has 6 unspecified atom stereocenters. The Morgan fingerprint density at radius 2 is 1.83 bits per heavy atom. The zero-order valence-electron chi connectivity index (χ0n) is 21.3. The molecule has 0 amide bonds. The van der Waals surface area contributed by atoms with Gasteiger partial charge in [-0.1, -0.05) is 27.7 Å². The topological polar surface area (TPSA) is 119 Å². The van der Waals surface area contributed by atoms with Crippen LogP contribution >= 0.6 is 0 Å². The van der Waals surface area contributed by atoms with Gasteiger partial charge < -0.3 is 24.4 Å². The molecule has 2 fully saturated rings. The Labute approximate surface area is 205 Å². The Morgan fingerprint density at radius 3 is 2.40 bits per heavy atom. The highest BCUT2D eigenvalue weighted by Crippen LogP contribution is 2.67. The van der Waals surface area contributed by atoms with Gasteiger partial charge >= 0.3 is 11.9 Å². The summed E-state index contributed by atoms with van der Waals surface area (Å²) in [6.45, 7) is 10.6. The average Bonchev–Trinajstić information content (AvgIpc) is 3.17. The number of carbonyl (C=O) groups is 3. The van der Waals surface area contributed by atoms with Gasteiger partial charge in [0, 0.05) is 36.7 Å². The summed E-state index contributed by atoms with van der Waals surface area (Å²) in [7, 11) is 0. The molecule has 0 saturated heterocycles. The van der Waals surface area contributed by atoms with Crippen molar-refractivity contribution in [3.63, 3.8) is 0 Å². The number of hydrogen-bond donors (Lipinski definition) is 2. The number of ether oxygens (including phenoxy) is 3. The number of aldehydes is 1. The Hall–Kier alpha value is -2.61. The third-order valence-corrected chi connectivity index (χ3v) is 9.12. The molecule has 1 aromatic carbocycles. The number of phenols is 1. The predicted molar refractivity (Wildman–Crippen MR) is 126 cm³/mol. The largest absolute Gasteiger partial charge is 0.508 e. The number of carbonyl (C=O) groups excluding carboxylic acids is 3. The number of benzene rings is 1. The van der Waals surface area contributed by atoms with Gasteiger partial charge in [-0.2, -0.15) is 0 Å². The van der Waals surface area contributed by atoms with Gasteiger partial charge in [-0.15, -0.1) is 0 Å². The van der Waals surface area contributed by atoms with Crippen molar-refractivity contribution < 1.29 is 38.8 Å². The van der Waals surface area contributed by atoms with Crippen molar-refractivity contribution in [1.29, 1.82) is 0 Å². The minimum absolute atomic E-state index is 0.00570. The number of aromatic hydroxyl groups is 1. The first-order valence-corrected chi connectivity index (χ1v) is 12.3. The summed E-state index contributed by atoms with van der Waals surface area (Å²) in [5.74, 6) is -0.464. The lowest BCUT2D eigenvalue weighted by Gasteiger charge is -2.65. The summed E-state index contributed by atoms with van der Waals surface area (Å²) in [4.78, 5) is 36.1. The van der Waals surface area contributed by atoms with Gasteiger partial charge in [-0.05, 0) is 42.7 Å². The minimum Gasteiger partial charge on any atom is -0.508 e. The molecule has 1 aliphatic heterocycles. The molecule has 2 saturated carbocycles. The van der Waals surface area contributed by atoms with Crippen molar-refractivity contribution >= 4 is 18.2 Å². The van der Waals surface area contributed by atoms with E-state index in [1.54, 1.807) is 0 Å². The number of aliphatic hydroxyl groups is 1. The van der Waals surface area contributed by atoms with Crippen LogP contribution in [0.5, 0.6) is 11.5 Å². The molecule has 6 atom stereocenters. The van der Waals surface area contributed by atoms with E-state index in [0.29, 0.717) is 36.0 Å². The van der Waals surface area contributed by atoms with Gasteiger partial charge in [-0.25, -0.2) is 0 Å². The molecule has 0 bridgehead atoms. The smallest absolute Gasteiger partial charge is 0.303 e. The second kappa shape index (κ2) is 8.50. The minimum atomic E-state index is -0.793. The van der Waals surface area contributed by atoms with E-state index in [0.717, 1.165) is 12.8 Å². The number of fused-ring (bicyclic) bond motifs is 3. The van der Waals surface area contributed by atoms with E-state index in [1.807, 2.05) is 13.8 Å². The second-order valence-electron chi connectivity index (χ2n) is 11.4. The molecule has 8 heteroatoms. The van der Waals surface area contributed by atoms with E-state index in [4.69, 9.17) is 14.2 Å². The molecule has 1 spiro atoms. The molecule has 35 heavy (non-hydrogen) atoms. The zero-order chi connectivity index (χ0) is 25.9. The van der Waals surface area contributed by atoms with Crippen LogP contribution in [0.1, 0.15) is 82.3 Å². The van der Waals surface area contributed by atoms with Crippen molar-refractivity contribution in [1.82, 2.24) is 0 Å². The van der Waals surface area contributed by atoms with Gasteiger partial charge in [0.1, 0.15) is 29.3 Å². The van der Waals surface area contributed by atoms with E-state index in [9.17, 15) is 24.6 Å². The molecule has 0 radical (unpaired) electrons. The van der Waals surface area contributed by atoms with Gasteiger partial charge in [-0.3, -0.25) is 14.4 Å². The molecular weight excluding hydrogens is 452 g/mol. The lowest BCUT2D eigenvalue weighted by molar-refractivity contribution is -0.251. The van der Waals surface area contributed by atoms with Crippen LogP contribution in [0.25, 0.3) is 0 Å². The molecule has 2 N–H and O–H groups in total. The van der Waals surface area contributed by atoms with Gasteiger partial charge in [0.25, 0.3) is 0 Å². The van der Waals surface area contributed by atoms with Crippen LogP contribution in [-0.2, 0) is 32.1 Å². The molecular formula is C27H36O8. The highest BCUT2D eigenvalue weighted by Gasteiger charge is 2.70. The van der Waals surface area contributed by atoms with Crippen molar-refractivity contribution in [3.05, 3.63) is 22.8 Å². The number of phenolic OH excluding ortho intramolecular Hbond substituents is 1. The lowest BCUT2D eigenvalue weighted by atomic mass is 9.43. The highest BCUT2D eigenvalue weighted by molar-refractivity contribution is 5.84. The summed E-state index contributed by atoms with van der Waals surface area (Å²) in [5, 5.41) is 20.6. The SMILES string of the molecule is CC(=O)OC1CC2(C)C(CCC(C)C23Cc2c(O)cc(CO)c(C=O)c2O3)C(C)(C)C1OC(C)=O. The normalized spacial score (nSPS) is 34.9. The summed E-state index contributed by atoms with van der Waals surface area (Å²) in [6, 6.07) is 1.43. The van der Waals surface area contributed by atoms with Crippen LogP contribution in [0, 0.1) is 22.7 Å². The zero-order valence-corrected chi connectivity index (χ0v) is 21.3. The van der Waals surface area contributed by atoms with Crippen LogP contribution in [0.15, 0.2) is 6.07 Å². The fourth-order valence-electron chi connectivity index (χ4n) is 7.64. The Bertz CT molecular complexity index is 1060. The van der Waals surface area contributed by atoms with Gasteiger partial charge in [0.15, 0.2) is 6.29 Å². The van der Waals surface area contributed by atoms with E-state index >= 15 is 0 Å². The Kier molecular flexibility index (Phi) is 6.19. The first-order chi connectivity index (χ1) is 16.3. The molecule has 1 aromatic rings. The molecule has 8 nitrogen and oxygen atoms in total. The summed E-state index contributed by atoms with van der Waals surface area (Å²) >= 11 is 0. The molecule has 4 rings (SSSR count). The Balaban J connectivity index is 1.87. The van der Waals surface area contributed by atoms with Crippen LogP contribution in [0.4, 0.5) is 0 Å². The van der Waals surface area contributed by atoms with Crippen LogP contribution in [-0.4, -0.2) is 46.2 Å². The van der Waals surface area contributed by atoms with Gasteiger partial charge in [0.05, 0.1) is 12.2 Å². The maximum absolute atomic E-state index is 12.1. The second-order valence-corrected chi connectivity index (χ2v) is 11.4. The fraction of sp³-hybridized carbons (Fsp3) is 0.667. The quantitative estimate of drug-likeness (QED) is 0.486. The maximum atomic E-state index is 12.1. The molecule has 192 valence electrons. The van der Waals surface area contributed by atoms with Crippen molar-refractivity contribution in [2.75, 3.05) is 0 Å². The average molecular weight is 489 g/mol. The van der Waals surface area contributed by atoms with Crippen LogP contribution in [0.2, 0.25) is 0 Å². The van der Waals surface area contributed by atoms with E-state index in [2.05, 4.69) is 13.8 Å². The number of rotatable bonds is 4. The number of hydrogen-bond acceptors (Lipinski definition) is 8. The fourth-order valence-corrected chi connectivity index (χ4v) is 7.64. The van der Waals surface area contributed by atoms with Crippen LogP contribution < -0.4 is 4.74 Å². The highest BCUT2D eigenvalue weighted by atomic mass is 16.6. The number of aliphatic hydroxyl groups excluding tert-OH is 1. The number of esters is 2. The van der Waals surface area contributed by atoms with E-state index < -0.39 is 47.2 Å². The van der Waals surface area contributed by atoms with E-state index in [-0.39, 0.29) is 23.1 Å². The third kappa shape index (κ3) is 3.63. The Morgan fingerprint density at radius 1 is 1.17 bits per heavy atom. The van der Waals surface area contributed by atoms with Crippen molar-refractivity contribution in [3.8, 4) is 11.5 Å². The van der Waals surface area contributed by atoms with Crippen molar-refractivity contribution in [2.45, 2.75) is 91.6 Å². The third-order valence-electron chi connectivity index (χ3n) is 9.12. The first-order valence-electron chi connectivity index (χ1n) is 12.3. The van der Waals surface area contributed by atoms with Gasteiger partial charge in [0.2, 0.25) is 0 Å². The standard InChI is InChI=1S/C27H36O8/c1-14-7-8-22-25(4,5)24(34-16(3)31)21(33-15(2)30)11-26(22,6)27(14)10-18-20(32)9-17(12-28)19(13-29)23(18)35-27/h9,13-14,21-22,24,28,32H,7-8,10-12H2,1-6H3. The summed E-state index contributed by atoms with van der Waals surface area (Å²) in [5.41, 5.74) is -0.763. The first kappa shape index (κ1) is 25.5. The molecule has 1 heterocycles. The monoisotopic (exact) mass is 488 g/mol. The van der Waals surface area contributed by atoms with Crippen LogP contribution in [0.3, 0.4) is 0 Å². The molecule has 2 aliphatic carbocycles. The molecule has 3 aliphatic rings. The maximum Gasteiger partial charge on any atom is 0.303 e.